The van der Waals surface area contributed by atoms with Gasteiger partial charge in [-0.1, -0.05) is 39.0 Å². The molecule has 1 aromatic carbocycles. The van der Waals surface area contributed by atoms with E-state index in [2.05, 4.69) is 23.6 Å². The van der Waals surface area contributed by atoms with Gasteiger partial charge in [0.2, 0.25) is 5.91 Å². The SMILES string of the molecule is C[C@H](C(=O)N1CCSCC1)[C@H]1CC[C@@]2(C)Cc3sc(NS(=O)(=O)c4cccc5cccnc45)nc3[C@@H](C)[C@@H]2[C@H]1O. The first kappa shape index (κ1) is 27.9. The lowest BCUT2D eigenvalue weighted by Crippen LogP contribution is -2.54. The van der Waals surface area contributed by atoms with Crippen LogP contribution in [-0.2, 0) is 21.2 Å². The number of para-hydroxylation sites is 1. The average molecular weight is 601 g/mol. The summed E-state index contributed by atoms with van der Waals surface area (Å²) in [5.74, 6) is 1.65. The fraction of sp³-hybridized carbons (Fsp3) is 0.552. The number of hydrogen-bond donors (Lipinski definition) is 2. The van der Waals surface area contributed by atoms with Crippen molar-refractivity contribution in [2.24, 2.45) is 23.2 Å². The predicted octanol–water partition coefficient (Wildman–Crippen LogP) is 4.76. The van der Waals surface area contributed by atoms with E-state index in [0.29, 0.717) is 10.6 Å². The van der Waals surface area contributed by atoms with Gasteiger partial charge in [0.05, 0.1) is 17.3 Å². The molecule has 214 valence electrons. The minimum Gasteiger partial charge on any atom is -0.392 e. The lowest BCUT2D eigenvalue weighted by molar-refractivity contribution is -0.144. The third kappa shape index (κ3) is 4.82. The molecule has 11 heteroatoms. The Kier molecular flexibility index (Phi) is 7.38. The number of aromatic nitrogens is 2. The molecule has 1 saturated heterocycles. The molecule has 8 nitrogen and oxygen atoms in total. The van der Waals surface area contributed by atoms with Gasteiger partial charge in [-0.2, -0.15) is 11.8 Å². The molecular formula is C29H36N4O4S3. The van der Waals surface area contributed by atoms with Crippen molar-refractivity contribution in [3.8, 4) is 0 Å². The minimum atomic E-state index is -3.91. The normalized spacial score (nSPS) is 29.4. The number of aliphatic hydroxyl groups excluding tert-OH is 1. The second-order valence-electron chi connectivity index (χ2n) is 11.8. The van der Waals surface area contributed by atoms with Crippen molar-refractivity contribution in [1.82, 2.24) is 14.9 Å². The number of amides is 1. The molecule has 0 bridgehead atoms. The number of carbonyl (C=O) groups is 1. The fourth-order valence-electron chi connectivity index (χ4n) is 7.31. The van der Waals surface area contributed by atoms with Crippen molar-refractivity contribution in [2.45, 2.75) is 57.0 Å². The van der Waals surface area contributed by atoms with Gasteiger partial charge in [-0.15, -0.1) is 11.3 Å². The van der Waals surface area contributed by atoms with Crippen LogP contribution in [0.4, 0.5) is 5.13 Å². The van der Waals surface area contributed by atoms with Crippen LogP contribution in [0.2, 0.25) is 0 Å². The summed E-state index contributed by atoms with van der Waals surface area (Å²) in [6, 6.07) is 8.74. The first-order valence-electron chi connectivity index (χ1n) is 14.0. The van der Waals surface area contributed by atoms with Gasteiger partial charge in [0.1, 0.15) is 4.90 Å². The summed E-state index contributed by atoms with van der Waals surface area (Å²) >= 11 is 3.27. The van der Waals surface area contributed by atoms with Crippen molar-refractivity contribution >= 4 is 55.1 Å². The maximum absolute atomic E-state index is 13.4. The van der Waals surface area contributed by atoms with Crippen LogP contribution in [0.3, 0.4) is 0 Å². The highest BCUT2D eigenvalue weighted by Crippen LogP contribution is 2.57. The average Bonchev–Trinajstić information content (AvgIpc) is 3.33. The van der Waals surface area contributed by atoms with Crippen LogP contribution in [-0.4, -0.2) is 65.0 Å². The number of thioether (sulfide) groups is 1. The Morgan fingerprint density at radius 2 is 1.98 bits per heavy atom. The van der Waals surface area contributed by atoms with E-state index in [4.69, 9.17) is 4.98 Å². The molecule has 2 aliphatic carbocycles. The number of hydrogen-bond acceptors (Lipinski definition) is 8. The van der Waals surface area contributed by atoms with E-state index < -0.39 is 16.1 Å². The topological polar surface area (TPSA) is 112 Å². The molecule has 0 spiro atoms. The standard InChI is InChI=1S/C29H36N4O4S3/c1-17(27(35)33-12-14-38-15-13-33)20-9-10-29(3)16-21-24(18(2)23(29)26(20)34)31-28(39-21)32-40(36,37)22-8-4-6-19-7-5-11-30-25(19)22/h4-8,11,17-18,20,23,26,34H,9-10,12-16H2,1-3H3,(H,31,32)/t17-,18-,20+,23+,26-,29-/m0/s1. The molecule has 2 N–H and O–H groups in total. The summed E-state index contributed by atoms with van der Waals surface area (Å²) < 4.78 is 29.6. The molecule has 1 amide bonds. The quantitative estimate of drug-likeness (QED) is 0.434. The monoisotopic (exact) mass is 600 g/mol. The van der Waals surface area contributed by atoms with E-state index in [9.17, 15) is 18.3 Å². The van der Waals surface area contributed by atoms with Crippen LogP contribution in [0.15, 0.2) is 41.4 Å². The van der Waals surface area contributed by atoms with Gasteiger partial charge in [-0.05, 0) is 48.6 Å². The first-order valence-corrected chi connectivity index (χ1v) is 17.5. The van der Waals surface area contributed by atoms with Crippen molar-refractivity contribution < 1.29 is 18.3 Å². The molecule has 3 aliphatic rings. The van der Waals surface area contributed by atoms with Crippen LogP contribution in [0.5, 0.6) is 0 Å². The summed E-state index contributed by atoms with van der Waals surface area (Å²) in [4.78, 5) is 25.6. The third-order valence-corrected chi connectivity index (χ3v) is 12.8. The smallest absolute Gasteiger partial charge is 0.265 e. The van der Waals surface area contributed by atoms with Gasteiger partial charge in [-0.3, -0.25) is 14.5 Å². The Morgan fingerprint density at radius 1 is 1.23 bits per heavy atom. The molecule has 1 saturated carbocycles. The number of aliphatic hydroxyl groups is 1. The zero-order valence-corrected chi connectivity index (χ0v) is 25.5. The fourth-order valence-corrected chi connectivity index (χ4v) is 10.9. The number of pyridine rings is 1. The Bertz CT molecular complexity index is 1530. The van der Waals surface area contributed by atoms with E-state index in [1.165, 1.54) is 11.3 Å². The molecule has 40 heavy (non-hydrogen) atoms. The first-order chi connectivity index (χ1) is 19.1. The number of anilines is 1. The van der Waals surface area contributed by atoms with Gasteiger partial charge < -0.3 is 10.0 Å². The van der Waals surface area contributed by atoms with E-state index in [0.717, 1.165) is 59.8 Å². The largest absolute Gasteiger partial charge is 0.392 e. The van der Waals surface area contributed by atoms with E-state index in [1.807, 2.05) is 35.7 Å². The molecule has 6 rings (SSSR count). The zero-order valence-electron chi connectivity index (χ0n) is 23.0. The third-order valence-electron chi connectivity index (χ3n) is 9.38. The number of rotatable bonds is 5. The molecule has 0 unspecified atom stereocenters. The number of fused-ring (bicyclic) bond motifs is 3. The van der Waals surface area contributed by atoms with Crippen LogP contribution in [0, 0.1) is 23.2 Å². The van der Waals surface area contributed by atoms with E-state index in [1.54, 1.807) is 24.4 Å². The van der Waals surface area contributed by atoms with Crippen molar-refractivity contribution in [1.29, 1.82) is 0 Å². The summed E-state index contributed by atoms with van der Waals surface area (Å²) in [5.41, 5.74) is 1.13. The van der Waals surface area contributed by atoms with Crippen molar-refractivity contribution in [2.75, 3.05) is 29.3 Å². The molecule has 6 atom stereocenters. The van der Waals surface area contributed by atoms with Crippen LogP contribution >= 0.6 is 23.1 Å². The number of nitrogens with one attached hydrogen (secondary N) is 1. The van der Waals surface area contributed by atoms with Crippen LogP contribution in [0.25, 0.3) is 10.9 Å². The Balaban J connectivity index is 1.25. The highest BCUT2D eigenvalue weighted by Gasteiger charge is 2.54. The number of nitrogens with zero attached hydrogens (tertiary/aromatic N) is 3. The van der Waals surface area contributed by atoms with Gasteiger partial charge >= 0.3 is 0 Å². The Labute approximate surface area is 244 Å². The lowest BCUT2D eigenvalue weighted by atomic mass is 9.53. The molecule has 0 radical (unpaired) electrons. The molecule has 3 heterocycles. The second-order valence-corrected chi connectivity index (χ2v) is 15.8. The van der Waals surface area contributed by atoms with E-state index in [-0.39, 0.29) is 39.9 Å². The molecule has 2 aromatic heterocycles. The number of benzene rings is 1. The van der Waals surface area contributed by atoms with Gasteiger partial charge in [0.15, 0.2) is 5.13 Å². The zero-order chi connectivity index (χ0) is 28.2. The number of thiazole rings is 1. The Morgan fingerprint density at radius 3 is 2.75 bits per heavy atom. The molecule has 3 aromatic rings. The summed E-state index contributed by atoms with van der Waals surface area (Å²) in [7, 11) is -3.91. The highest BCUT2D eigenvalue weighted by molar-refractivity contribution is 7.99. The van der Waals surface area contributed by atoms with Gasteiger partial charge in [-0.25, -0.2) is 13.4 Å². The maximum atomic E-state index is 13.4. The van der Waals surface area contributed by atoms with Gasteiger partial charge in [0, 0.05) is 52.9 Å². The highest BCUT2D eigenvalue weighted by atomic mass is 32.2. The molecule has 1 aliphatic heterocycles. The Hall–Kier alpha value is -2.21. The number of sulfonamides is 1. The van der Waals surface area contributed by atoms with Crippen LogP contribution in [0.1, 0.15) is 50.1 Å². The van der Waals surface area contributed by atoms with Crippen molar-refractivity contribution in [3.05, 3.63) is 47.1 Å². The maximum Gasteiger partial charge on any atom is 0.265 e. The number of carbonyl (C=O) groups excluding carboxylic acids is 1. The summed E-state index contributed by atoms with van der Waals surface area (Å²) in [6.45, 7) is 7.87. The summed E-state index contributed by atoms with van der Waals surface area (Å²) in [5, 5.41) is 12.9. The van der Waals surface area contributed by atoms with Crippen LogP contribution < -0.4 is 4.72 Å². The predicted molar refractivity (Wildman–Crippen MR) is 160 cm³/mol. The molecular weight excluding hydrogens is 565 g/mol. The molecule has 2 fully saturated rings. The lowest BCUT2D eigenvalue weighted by Gasteiger charge is -2.53. The minimum absolute atomic E-state index is 0.0558. The second kappa shape index (κ2) is 10.6. The van der Waals surface area contributed by atoms with E-state index >= 15 is 0 Å². The summed E-state index contributed by atoms with van der Waals surface area (Å²) in [6.07, 6.45) is 3.42. The van der Waals surface area contributed by atoms with Gasteiger partial charge in [0.25, 0.3) is 10.0 Å². The van der Waals surface area contributed by atoms with Crippen molar-refractivity contribution in [3.63, 3.8) is 0 Å².